The van der Waals surface area contributed by atoms with Crippen LogP contribution in [0.1, 0.15) is 16.5 Å². The van der Waals surface area contributed by atoms with Crippen molar-refractivity contribution in [1.29, 1.82) is 0 Å². The van der Waals surface area contributed by atoms with Gasteiger partial charge in [-0.2, -0.15) is 0 Å². The number of benzene rings is 1. The van der Waals surface area contributed by atoms with Crippen molar-refractivity contribution < 1.29 is 0 Å². The maximum Gasteiger partial charge on any atom is 0.0701 e. The van der Waals surface area contributed by atoms with E-state index in [2.05, 4.69) is 84.8 Å². The largest absolute Gasteiger partial charge is 0.324 e. The van der Waals surface area contributed by atoms with Gasteiger partial charge in [-0.1, -0.05) is 15.9 Å². The first-order valence-corrected chi connectivity index (χ1v) is 8.49. The van der Waals surface area contributed by atoms with Gasteiger partial charge in [-0.05, 0) is 74.4 Å². The highest BCUT2D eigenvalue weighted by atomic mass is 127. The molecule has 1 nitrogen and oxygen atoms in total. The van der Waals surface area contributed by atoms with Gasteiger partial charge in [0.05, 0.1) is 3.79 Å². The Hall–Kier alpha value is 0.570. The fraction of sp³-hybridized carbons (Fsp3) is 0.167. The zero-order chi connectivity index (χ0) is 12.4. The van der Waals surface area contributed by atoms with Gasteiger partial charge in [-0.3, -0.25) is 0 Å². The summed E-state index contributed by atoms with van der Waals surface area (Å²) in [6.45, 7) is 0. The molecule has 0 radical (unpaired) electrons. The van der Waals surface area contributed by atoms with Crippen LogP contribution in [0.2, 0.25) is 0 Å². The van der Waals surface area contributed by atoms with Gasteiger partial charge in [-0.25, -0.2) is 0 Å². The Morgan fingerprint density at radius 3 is 2.65 bits per heavy atom. The van der Waals surface area contributed by atoms with E-state index in [1.54, 1.807) is 11.3 Å². The van der Waals surface area contributed by atoms with E-state index < -0.39 is 0 Å². The molecule has 1 unspecified atom stereocenters. The molecule has 0 aliphatic rings. The Morgan fingerprint density at radius 2 is 2.00 bits per heavy atom. The molecule has 2 aromatic rings. The molecular formula is C12H10Br2INS. The van der Waals surface area contributed by atoms with Crippen LogP contribution in [-0.4, -0.2) is 0 Å². The third kappa shape index (κ3) is 3.76. The lowest BCUT2D eigenvalue weighted by Crippen LogP contribution is -2.13. The average Bonchev–Trinajstić information content (AvgIpc) is 2.67. The van der Waals surface area contributed by atoms with Crippen molar-refractivity contribution in [1.82, 2.24) is 0 Å². The predicted octanol–water partition coefficient (Wildman–Crippen LogP) is 5.12. The van der Waals surface area contributed by atoms with Gasteiger partial charge in [0.25, 0.3) is 0 Å². The molecule has 2 rings (SSSR count). The Balaban J connectivity index is 2.19. The van der Waals surface area contributed by atoms with Crippen molar-refractivity contribution in [3.63, 3.8) is 0 Å². The summed E-state index contributed by atoms with van der Waals surface area (Å²) in [5.74, 6) is 0. The van der Waals surface area contributed by atoms with Crippen molar-refractivity contribution in [3.8, 4) is 0 Å². The SMILES string of the molecule is NC(Cc1ccc(Br)s1)c1cc(I)ccc1Br. The van der Waals surface area contributed by atoms with Gasteiger partial charge in [0, 0.05) is 25.4 Å². The molecule has 2 N–H and O–H groups in total. The Kier molecular flexibility index (Phi) is 5.06. The monoisotopic (exact) mass is 485 g/mol. The molecule has 1 atom stereocenters. The van der Waals surface area contributed by atoms with Crippen molar-refractivity contribution >= 4 is 65.8 Å². The zero-order valence-corrected chi connectivity index (χ0v) is 14.9. The highest BCUT2D eigenvalue weighted by Gasteiger charge is 2.12. The summed E-state index contributed by atoms with van der Waals surface area (Å²) in [5, 5.41) is 0. The van der Waals surface area contributed by atoms with Gasteiger partial charge < -0.3 is 5.73 Å². The average molecular weight is 487 g/mol. The third-order valence-corrected chi connectivity index (χ3v) is 5.45. The zero-order valence-electron chi connectivity index (χ0n) is 8.79. The number of halogens is 3. The maximum absolute atomic E-state index is 6.26. The van der Waals surface area contributed by atoms with Gasteiger partial charge >= 0.3 is 0 Å². The molecule has 0 saturated carbocycles. The van der Waals surface area contributed by atoms with Gasteiger partial charge in [0.15, 0.2) is 0 Å². The predicted molar refractivity (Wildman–Crippen MR) is 89.5 cm³/mol. The van der Waals surface area contributed by atoms with Gasteiger partial charge in [0.2, 0.25) is 0 Å². The standard InChI is InChI=1S/C12H10Br2INS/c13-10-3-1-7(15)5-9(10)11(16)6-8-2-4-12(14)17-8/h1-5,11H,6,16H2. The smallest absolute Gasteiger partial charge is 0.0701 e. The van der Waals surface area contributed by atoms with E-state index >= 15 is 0 Å². The summed E-state index contributed by atoms with van der Waals surface area (Å²) >= 11 is 11.1. The van der Waals surface area contributed by atoms with Crippen LogP contribution in [0.3, 0.4) is 0 Å². The Labute approximate surface area is 135 Å². The minimum absolute atomic E-state index is 0.0321. The summed E-state index contributed by atoms with van der Waals surface area (Å²) in [7, 11) is 0. The normalized spacial score (nSPS) is 12.7. The second-order valence-corrected chi connectivity index (χ2v) is 8.33. The molecule has 0 saturated heterocycles. The molecule has 0 aliphatic carbocycles. The fourth-order valence-electron chi connectivity index (χ4n) is 1.59. The van der Waals surface area contributed by atoms with Crippen LogP contribution in [-0.2, 0) is 6.42 Å². The van der Waals surface area contributed by atoms with Crippen LogP contribution in [0.5, 0.6) is 0 Å². The Bertz CT molecular complexity index is 527. The van der Waals surface area contributed by atoms with Gasteiger partial charge in [-0.15, -0.1) is 11.3 Å². The third-order valence-electron chi connectivity index (χ3n) is 2.41. The van der Waals surface area contributed by atoms with Crippen LogP contribution < -0.4 is 5.73 Å². The first kappa shape index (κ1) is 14.0. The van der Waals surface area contributed by atoms with Crippen LogP contribution in [0.25, 0.3) is 0 Å². The lowest BCUT2D eigenvalue weighted by atomic mass is 10.0. The first-order chi connectivity index (χ1) is 8.06. The van der Waals surface area contributed by atoms with E-state index in [9.17, 15) is 0 Å². The quantitative estimate of drug-likeness (QED) is 0.599. The van der Waals surface area contributed by atoms with E-state index in [4.69, 9.17) is 5.73 Å². The molecular weight excluding hydrogens is 477 g/mol. The minimum atomic E-state index is 0.0321. The van der Waals surface area contributed by atoms with E-state index in [-0.39, 0.29) is 6.04 Å². The summed E-state index contributed by atoms with van der Waals surface area (Å²) in [4.78, 5) is 1.30. The molecule has 90 valence electrons. The summed E-state index contributed by atoms with van der Waals surface area (Å²) in [5.41, 5.74) is 7.43. The van der Waals surface area contributed by atoms with Crippen molar-refractivity contribution in [2.24, 2.45) is 5.73 Å². The molecule has 1 aromatic heterocycles. The van der Waals surface area contributed by atoms with Crippen LogP contribution in [0.15, 0.2) is 38.6 Å². The lowest BCUT2D eigenvalue weighted by Gasteiger charge is -2.13. The number of hydrogen-bond acceptors (Lipinski definition) is 2. The van der Waals surface area contributed by atoms with Crippen LogP contribution in [0, 0.1) is 3.57 Å². The lowest BCUT2D eigenvalue weighted by molar-refractivity contribution is 0.726. The molecule has 0 aliphatic heterocycles. The second kappa shape index (κ2) is 6.14. The number of rotatable bonds is 3. The number of hydrogen-bond donors (Lipinski definition) is 1. The number of nitrogens with two attached hydrogens (primary N) is 1. The first-order valence-electron chi connectivity index (χ1n) is 5.01. The van der Waals surface area contributed by atoms with Crippen molar-refractivity contribution in [3.05, 3.63) is 52.6 Å². The minimum Gasteiger partial charge on any atom is -0.324 e. The van der Waals surface area contributed by atoms with Crippen molar-refractivity contribution in [2.75, 3.05) is 0 Å². The van der Waals surface area contributed by atoms with E-state index in [1.807, 2.05) is 0 Å². The van der Waals surface area contributed by atoms with E-state index in [1.165, 1.54) is 14.0 Å². The molecule has 5 heteroatoms. The van der Waals surface area contributed by atoms with Crippen LogP contribution in [0.4, 0.5) is 0 Å². The molecule has 0 spiro atoms. The van der Waals surface area contributed by atoms with E-state index in [0.717, 1.165) is 14.7 Å². The highest BCUT2D eigenvalue weighted by Crippen LogP contribution is 2.29. The van der Waals surface area contributed by atoms with Crippen LogP contribution >= 0.6 is 65.8 Å². The molecule has 0 bridgehead atoms. The summed E-state index contributed by atoms with van der Waals surface area (Å²) in [6, 6.07) is 10.5. The fourth-order valence-corrected chi connectivity index (χ4v) is 4.18. The molecule has 17 heavy (non-hydrogen) atoms. The second-order valence-electron chi connectivity index (χ2n) is 3.68. The molecule has 0 amide bonds. The van der Waals surface area contributed by atoms with Crippen molar-refractivity contribution in [2.45, 2.75) is 12.5 Å². The molecule has 0 fully saturated rings. The summed E-state index contributed by atoms with van der Waals surface area (Å²) < 4.78 is 3.45. The molecule has 1 heterocycles. The van der Waals surface area contributed by atoms with Gasteiger partial charge in [0.1, 0.15) is 0 Å². The molecule has 1 aromatic carbocycles. The maximum atomic E-state index is 6.26. The topological polar surface area (TPSA) is 26.0 Å². The van der Waals surface area contributed by atoms with E-state index in [0.29, 0.717) is 0 Å². The summed E-state index contributed by atoms with van der Waals surface area (Å²) in [6.07, 6.45) is 0.870. The highest BCUT2D eigenvalue weighted by molar-refractivity contribution is 14.1. The Morgan fingerprint density at radius 1 is 1.24 bits per heavy atom. The number of thiophene rings is 1.